The van der Waals surface area contributed by atoms with E-state index in [0.29, 0.717) is 23.8 Å². The molecule has 2 N–H and O–H groups in total. The number of hydrogen-bond acceptors (Lipinski definition) is 6. The van der Waals surface area contributed by atoms with Crippen LogP contribution in [0, 0.1) is 12.8 Å². The van der Waals surface area contributed by atoms with Gasteiger partial charge in [0.1, 0.15) is 11.7 Å². The van der Waals surface area contributed by atoms with Gasteiger partial charge in [-0.25, -0.2) is 9.98 Å². The van der Waals surface area contributed by atoms with Crippen LogP contribution in [0.5, 0.6) is 5.75 Å². The lowest BCUT2D eigenvalue weighted by molar-refractivity contribution is -0.146. The molecule has 2 unspecified atom stereocenters. The fourth-order valence-corrected chi connectivity index (χ4v) is 3.86. The van der Waals surface area contributed by atoms with Crippen molar-refractivity contribution in [1.29, 1.82) is 0 Å². The molecule has 1 aromatic carbocycles. The molecule has 6 heteroatoms. The summed E-state index contributed by atoms with van der Waals surface area (Å²) in [6.07, 6.45) is 0.767. The molecule has 0 fully saturated rings. The third kappa shape index (κ3) is 3.35. The number of carbonyl (C=O) groups excluding carboxylic acids is 1. The minimum absolute atomic E-state index is 0.307. The van der Waals surface area contributed by atoms with Crippen molar-refractivity contribution >= 4 is 23.2 Å². The number of hydrogen-bond donors (Lipinski definition) is 1. The summed E-state index contributed by atoms with van der Waals surface area (Å²) in [7, 11) is 1.62. The van der Waals surface area contributed by atoms with E-state index in [4.69, 9.17) is 20.2 Å². The highest BCUT2D eigenvalue weighted by molar-refractivity contribution is 6.05. The highest BCUT2D eigenvalue weighted by Crippen LogP contribution is 2.46. The first-order valence-corrected chi connectivity index (χ1v) is 9.57. The van der Waals surface area contributed by atoms with Crippen LogP contribution in [-0.4, -0.2) is 30.4 Å². The maximum atomic E-state index is 12.9. The van der Waals surface area contributed by atoms with E-state index in [-0.39, 0.29) is 11.9 Å². The molecule has 0 spiro atoms. The van der Waals surface area contributed by atoms with E-state index in [1.54, 1.807) is 14.0 Å². The molecule has 1 aliphatic heterocycles. The van der Waals surface area contributed by atoms with E-state index in [9.17, 15) is 4.79 Å². The number of ether oxygens (including phenoxy) is 2. The van der Waals surface area contributed by atoms with Gasteiger partial charge in [-0.3, -0.25) is 4.79 Å². The standard InChI is InChI=1S/C22H27N3O3/c1-6-16-12(3)20(23)19-18(14-9-8-10-15(11-14)27-5)17(22(26)28-7-2)13(4)24-21(19)25-16/h8-11,17-18H,6-7H2,1-5H3,(H2,23,25). The first-order chi connectivity index (χ1) is 13.4. The fraction of sp³-hybridized carbons (Fsp3) is 0.409. The number of fused-ring (bicyclic) bond motifs is 1. The van der Waals surface area contributed by atoms with E-state index in [2.05, 4.69) is 4.99 Å². The summed E-state index contributed by atoms with van der Waals surface area (Å²) in [5.74, 6) is 0.106. The zero-order valence-corrected chi connectivity index (χ0v) is 17.1. The van der Waals surface area contributed by atoms with Crippen molar-refractivity contribution in [2.24, 2.45) is 10.9 Å². The van der Waals surface area contributed by atoms with Gasteiger partial charge in [0.2, 0.25) is 0 Å². The first kappa shape index (κ1) is 19.9. The number of benzene rings is 1. The van der Waals surface area contributed by atoms with E-state index in [1.807, 2.05) is 45.0 Å². The van der Waals surface area contributed by atoms with E-state index in [1.165, 1.54) is 0 Å². The van der Waals surface area contributed by atoms with Gasteiger partial charge < -0.3 is 15.2 Å². The summed E-state index contributed by atoms with van der Waals surface area (Å²) >= 11 is 0. The molecule has 2 atom stereocenters. The van der Waals surface area contributed by atoms with Gasteiger partial charge in [0, 0.05) is 28.6 Å². The van der Waals surface area contributed by atoms with Crippen LogP contribution >= 0.6 is 0 Å². The molecular formula is C22H27N3O3. The first-order valence-electron chi connectivity index (χ1n) is 9.57. The molecule has 1 aromatic heterocycles. The molecule has 1 aliphatic rings. The normalized spacial score (nSPS) is 18.2. The molecule has 0 bridgehead atoms. The summed E-state index contributed by atoms with van der Waals surface area (Å²) in [6.45, 7) is 7.97. The second-order valence-corrected chi connectivity index (χ2v) is 6.93. The molecule has 0 saturated carbocycles. The zero-order chi connectivity index (χ0) is 20.4. The number of aliphatic imine (C=N–C) groups is 1. The monoisotopic (exact) mass is 381 g/mol. The third-order valence-corrected chi connectivity index (χ3v) is 5.31. The van der Waals surface area contributed by atoms with Crippen LogP contribution in [0.2, 0.25) is 0 Å². The zero-order valence-electron chi connectivity index (χ0n) is 17.1. The number of methoxy groups -OCH3 is 1. The smallest absolute Gasteiger partial charge is 0.315 e. The Morgan fingerprint density at radius 2 is 2.00 bits per heavy atom. The number of carbonyl (C=O) groups is 1. The van der Waals surface area contributed by atoms with Gasteiger partial charge in [-0.05, 0) is 50.5 Å². The predicted molar refractivity (Wildman–Crippen MR) is 110 cm³/mol. The number of nitrogens with zero attached hydrogens (tertiary/aromatic N) is 2. The summed E-state index contributed by atoms with van der Waals surface area (Å²) in [4.78, 5) is 22.3. The number of aromatic nitrogens is 1. The number of esters is 1. The van der Waals surface area contributed by atoms with Gasteiger partial charge in [0.15, 0.2) is 5.82 Å². The second kappa shape index (κ2) is 8.00. The highest BCUT2D eigenvalue weighted by Gasteiger charge is 2.41. The molecule has 28 heavy (non-hydrogen) atoms. The largest absolute Gasteiger partial charge is 0.497 e. The molecule has 2 aromatic rings. The lowest BCUT2D eigenvalue weighted by atomic mass is 9.75. The Bertz CT molecular complexity index is 937. The van der Waals surface area contributed by atoms with Crippen molar-refractivity contribution in [2.45, 2.75) is 40.0 Å². The van der Waals surface area contributed by atoms with Crippen molar-refractivity contribution in [3.05, 3.63) is 46.6 Å². The van der Waals surface area contributed by atoms with Crippen molar-refractivity contribution in [3.8, 4) is 5.75 Å². The van der Waals surface area contributed by atoms with Gasteiger partial charge >= 0.3 is 5.97 Å². The van der Waals surface area contributed by atoms with Gasteiger partial charge in [-0.1, -0.05) is 19.1 Å². The van der Waals surface area contributed by atoms with Crippen LogP contribution in [0.25, 0.3) is 0 Å². The average Bonchev–Trinajstić information content (AvgIpc) is 2.69. The maximum Gasteiger partial charge on any atom is 0.315 e. The van der Waals surface area contributed by atoms with Crippen molar-refractivity contribution < 1.29 is 14.3 Å². The summed E-state index contributed by atoms with van der Waals surface area (Å²) in [5, 5.41) is 0. The van der Waals surface area contributed by atoms with Crippen LogP contribution < -0.4 is 10.5 Å². The third-order valence-electron chi connectivity index (χ3n) is 5.31. The van der Waals surface area contributed by atoms with E-state index < -0.39 is 5.92 Å². The molecule has 0 saturated heterocycles. The number of aryl methyl sites for hydroxylation is 1. The minimum atomic E-state index is -0.560. The Kier molecular flexibility index (Phi) is 5.68. The highest BCUT2D eigenvalue weighted by atomic mass is 16.5. The molecule has 0 radical (unpaired) electrons. The number of nitrogens with two attached hydrogens (primary N) is 1. The van der Waals surface area contributed by atoms with Crippen LogP contribution in [0.15, 0.2) is 29.3 Å². The lowest BCUT2D eigenvalue weighted by Gasteiger charge is -2.32. The number of anilines is 1. The molecule has 3 rings (SSSR count). The Morgan fingerprint density at radius 1 is 1.25 bits per heavy atom. The van der Waals surface area contributed by atoms with E-state index >= 15 is 0 Å². The maximum absolute atomic E-state index is 12.9. The fourth-order valence-electron chi connectivity index (χ4n) is 3.86. The van der Waals surface area contributed by atoms with Gasteiger partial charge in [-0.15, -0.1) is 0 Å². The molecule has 6 nitrogen and oxygen atoms in total. The van der Waals surface area contributed by atoms with Gasteiger partial charge in [0.25, 0.3) is 0 Å². The van der Waals surface area contributed by atoms with Crippen molar-refractivity contribution in [3.63, 3.8) is 0 Å². The van der Waals surface area contributed by atoms with Crippen LogP contribution in [-0.2, 0) is 16.0 Å². The molecule has 0 amide bonds. The van der Waals surface area contributed by atoms with Gasteiger partial charge in [-0.2, -0.15) is 0 Å². The number of nitrogen functional groups attached to an aromatic ring is 1. The Hall–Kier alpha value is -2.89. The summed E-state index contributed by atoms with van der Waals surface area (Å²) in [6, 6.07) is 7.70. The number of pyridine rings is 1. The van der Waals surface area contributed by atoms with Crippen LogP contribution in [0.4, 0.5) is 11.5 Å². The Morgan fingerprint density at radius 3 is 2.64 bits per heavy atom. The topological polar surface area (TPSA) is 86.8 Å². The summed E-state index contributed by atoms with van der Waals surface area (Å²) in [5.41, 5.74) is 11.4. The SMILES string of the molecule is CCOC(=O)C1C(C)=Nc2nc(CC)c(C)c(N)c2C1c1cccc(OC)c1. The minimum Gasteiger partial charge on any atom is -0.497 e. The van der Waals surface area contributed by atoms with Crippen LogP contribution in [0.3, 0.4) is 0 Å². The number of rotatable bonds is 5. The molecular weight excluding hydrogens is 354 g/mol. The van der Waals surface area contributed by atoms with E-state index in [0.717, 1.165) is 34.6 Å². The second-order valence-electron chi connectivity index (χ2n) is 6.93. The molecule has 2 heterocycles. The van der Waals surface area contributed by atoms with Crippen molar-refractivity contribution in [2.75, 3.05) is 19.5 Å². The molecule has 0 aliphatic carbocycles. The van der Waals surface area contributed by atoms with Gasteiger partial charge in [0.05, 0.1) is 13.7 Å². The predicted octanol–water partition coefficient (Wildman–Crippen LogP) is 3.96. The Labute approximate surface area is 165 Å². The Balaban J connectivity index is 2.29. The lowest BCUT2D eigenvalue weighted by Crippen LogP contribution is -2.34. The quantitative estimate of drug-likeness (QED) is 0.792. The molecule has 148 valence electrons. The van der Waals surface area contributed by atoms with Crippen molar-refractivity contribution in [1.82, 2.24) is 4.98 Å². The van der Waals surface area contributed by atoms with Crippen LogP contribution in [0.1, 0.15) is 49.1 Å². The average molecular weight is 381 g/mol. The summed E-state index contributed by atoms with van der Waals surface area (Å²) < 4.78 is 10.8.